The minimum absolute atomic E-state index is 0. The summed E-state index contributed by atoms with van der Waals surface area (Å²) in [6, 6.07) is 0. The molecule has 0 saturated carbocycles. The molecule has 60 valence electrons. The monoisotopic (exact) mass is 137 g/mol. The first-order chi connectivity index (χ1) is 3.41. The van der Waals surface area contributed by atoms with E-state index >= 15 is 0 Å². The second-order valence-electron chi connectivity index (χ2n) is 2.06. The number of unbranched alkanes of at least 4 members (excludes halogenated alkanes) is 4. The van der Waals surface area contributed by atoms with Crippen molar-refractivity contribution in [3.05, 3.63) is 0 Å². The molecule has 0 aliphatic carbocycles. The van der Waals surface area contributed by atoms with Crippen LogP contribution in [0.15, 0.2) is 0 Å². The molecule has 3 N–H and O–H groups in total. The fraction of sp³-hybridized carbons (Fsp3) is 1.00. The van der Waals surface area contributed by atoms with Crippen molar-refractivity contribution in [2.75, 3.05) is 0 Å². The molecule has 0 amide bonds. The minimum atomic E-state index is 0. The first-order valence-electron chi connectivity index (χ1n) is 3.41. The van der Waals surface area contributed by atoms with E-state index in [-0.39, 0.29) is 10.9 Å². The maximum atomic E-state index is 2.25. The highest BCUT2D eigenvalue weighted by molar-refractivity contribution is 4.35. The van der Waals surface area contributed by atoms with Crippen LogP contribution in [0.1, 0.15) is 46.0 Å². The van der Waals surface area contributed by atoms with Crippen LogP contribution >= 0.6 is 0 Å². The maximum Gasteiger partial charge on any atom is -0.0533 e. The Morgan fingerprint density at radius 2 is 1.11 bits per heavy atom. The molecule has 1 nitrogen and oxygen atoms in total. The summed E-state index contributed by atoms with van der Waals surface area (Å²) in [5, 5.41) is 0. The molecule has 0 radical (unpaired) electrons. The van der Waals surface area contributed by atoms with Gasteiger partial charge in [0.15, 0.2) is 0 Å². The van der Waals surface area contributed by atoms with Gasteiger partial charge >= 0.3 is 0 Å². The lowest BCUT2D eigenvalue weighted by Crippen LogP contribution is -1.70. The molecule has 2 heteroatoms. The summed E-state index contributed by atoms with van der Waals surface area (Å²) in [7, 11) is 0. The van der Waals surface area contributed by atoms with Gasteiger partial charge in [0, 0.05) is 0 Å². The van der Waals surface area contributed by atoms with E-state index in [9.17, 15) is 0 Å². The lowest BCUT2D eigenvalue weighted by Gasteiger charge is -1.90. The Balaban J connectivity index is -0.000000180. The molecule has 0 aromatic carbocycles. The minimum Gasteiger partial charge on any atom is -0.344 e. The third-order valence-electron chi connectivity index (χ3n) is 1.21. The molecule has 0 unspecified atom stereocenters. The lowest BCUT2D eigenvalue weighted by atomic mass is 10.2. The average molecular weight is 137 g/mol. The average Bonchev–Trinajstić information content (AvgIpc) is 1.69. The normalized spacial score (nSPS) is 7.33. The van der Waals surface area contributed by atoms with Crippen LogP contribution in [0.2, 0.25) is 0 Å². The molecular formula is C7H20FN. The van der Waals surface area contributed by atoms with Crippen LogP contribution in [0.4, 0.5) is 4.70 Å². The molecule has 0 aliphatic heterocycles. The van der Waals surface area contributed by atoms with Crippen LogP contribution < -0.4 is 6.15 Å². The number of rotatable bonds is 4. The van der Waals surface area contributed by atoms with Gasteiger partial charge in [0.05, 0.1) is 0 Å². The molecule has 9 heavy (non-hydrogen) atoms. The molecule has 0 atom stereocenters. The van der Waals surface area contributed by atoms with Crippen LogP contribution in [-0.4, -0.2) is 0 Å². The summed E-state index contributed by atoms with van der Waals surface area (Å²) in [4.78, 5) is 0. The Hall–Kier alpha value is -0.110. The van der Waals surface area contributed by atoms with Crippen molar-refractivity contribution in [3.63, 3.8) is 0 Å². The summed E-state index contributed by atoms with van der Waals surface area (Å²) in [6.07, 6.45) is 7.01. The van der Waals surface area contributed by atoms with Crippen LogP contribution in [0.5, 0.6) is 0 Å². The topological polar surface area (TPSA) is 35.0 Å². The summed E-state index contributed by atoms with van der Waals surface area (Å²) >= 11 is 0. The molecular weight excluding hydrogens is 117 g/mol. The summed E-state index contributed by atoms with van der Waals surface area (Å²) in [5.41, 5.74) is 0. The van der Waals surface area contributed by atoms with Gasteiger partial charge in [-0.05, 0) is 0 Å². The Kier molecular flexibility index (Phi) is 27.8. The van der Waals surface area contributed by atoms with E-state index in [1.165, 1.54) is 32.1 Å². The van der Waals surface area contributed by atoms with Crippen molar-refractivity contribution < 1.29 is 4.70 Å². The van der Waals surface area contributed by atoms with Gasteiger partial charge in [-0.2, -0.15) is 0 Å². The van der Waals surface area contributed by atoms with Crippen LogP contribution in [-0.2, 0) is 0 Å². The van der Waals surface area contributed by atoms with E-state index in [1.54, 1.807) is 0 Å². The van der Waals surface area contributed by atoms with Crippen LogP contribution in [0.3, 0.4) is 0 Å². The summed E-state index contributed by atoms with van der Waals surface area (Å²) in [6.45, 7) is 4.49. The van der Waals surface area contributed by atoms with Gasteiger partial charge in [-0.25, -0.2) is 0 Å². The zero-order valence-electron chi connectivity index (χ0n) is 6.65. The van der Waals surface area contributed by atoms with E-state index in [2.05, 4.69) is 13.8 Å². The van der Waals surface area contributed by atoms with Gasteiger partial charge in [0.25, 0.3) is 0 Å². The van der Waals surface area contributed by atoms with Gasteiger partial charge in [-0.3, -0.25) is 4.70 Å². The van der Waals surface area contributed by atoms with Crippen molar-refractivity contribution in [2.24, 2.45) is 0 Å². The standard InChI is InChI=1S/C7H16.FH.H3N/c1-3-5-7-6-4-2;;/h3-7H2,1-2H3;1H;1H3. The number of halogens is 1. The van der Waals surface area contributed by atoms with E-state index in [0.29, 0.717) is 0 Å². The van der Waals surface area contributed by atoms with Crippen LogP contribution in [0.25, 0.3) is 0 Å². The van der Waals surface area contributed by atoms with E-state index in [0.717, 1.165) is 0 Å². The van der Waals surface area contributed by atoms with Crippen molar-refractivity contribution in [3.8, 4) is 0 Å². The molecule has 0 aromatic heterocycles. The third kappa shape index (κ3) is 18.1. The number of hydrogen-bond donors (Lipinski definition) is 1. The van der Waals surface area contributed by atoms with Crippen molar-refractivity contribution in [1.29, 1.82) is 0 Å². The molecule has 0 saturated heterocycles. The summed E-state index contributed by atoms with van der Waals surface area (Å²) in [5.74, 6) is 0. The maximum absolute atomic E-state index is 2.25. The van der Waals surface area contributed by atoms with Gasteiger partial charge in [-0.15, -0.1) is 0 Å². The third-order valence-corrected chi connectivity index (χ3v) is 1.21. The van der Waals surface area contributed by atoms with Crippen molar-refractivity contribution >= 4 is 0 Å². The zero-order valence-corrected chi connectivity index (χ0v) is 6.65. The van der Waals surface area contributed by atoms with Gasteiger partial charge < -0.3 is 6.15 Å². The fourth-order valence-electron chi connectivity index (χ4n) is 0.677. The second-order valence-corrected chi connectivity index (χ2v) is 2.06. The molecule has 0 aliphatic rings. The van der Waals surface area contributed by atoms with Crippen LogP contribution in [0, 0.1) is 0 Å². The fourth-order valence-corrected chi connectivity index (χ4v) is 0.677. The first-order valence-corrected chi connectivity index (χ1v) is 3.41. The van der Waals surface area contributed by atoms with Crippen molar-refractivity contribution in [1.82, 2.24) is 6.15 Å². The Morgan fingerprint density at radius 1 is 0.778 bits per heavy atom. The smallest absolute Gasteiger partial charge is 0.0533 e. The highest BCUT2D eigenvalue weighted by atomic mass is 19.0. The predicted molar refractivity (Wildman–Crippen MR) is 42.0 cm³/mol. The van der Waals surface area contributed by atoms with Crippen molar-refractivity contribution in [2.45, 2.75) is 46.0 Å². The molecule has 0 fully saturated rings. The highest BCUT2D eigenvalue weighted by Crippen LogP contribution is 2.00. The van der Waals surface area contributed by atoms with E-state index in [1.807, 2.05) is 0 Å². The Morgan fingerprint density at radius 3 is 1.33 bits per heavy atom. The molecule has 0 rings (SSSR count). The zero-order chi connectivity index (χ0) is 5.54. The SMILES string of the molecule is CCCCCCC.F.N. The largest absolute Gasteiger partial charge is 0.344 e. The molecule has 0 bridgehead atoms. The Bertz CT molecular complexity index is 28.1. The molecule has 0 heterocycles. The van der Waals surface area contributed by atoms with Gasteiger partial charge in [0.2, 0.25) is 0 Å². The lowest BCUT2D eigenvalue weighted by molar-refractivity contribution is 0.656. The second kappa shape index (κ2) is 15.7. The summed E-state index contributed by atoms with van der Waals surface area (Å²) < 4.78 is 0. The quantitative estimate of drug-likeness (QED) is 0.593. The Labute approximate surface area is 57.8 Å². The highest BCUT2D eigenvalue weighted by Gasteiger charge is 1.80. The van der Waals surface area contributed by atoms with Gasteiger partial charge in [-0.1, -0.05) is 46.0 Å². The van der Waals surface area contributed by atoms with E-state index < -0.39 is 0 Å². The molecule has 0 aromatic rings. The van der Waals surface area contributed by atoms with E-state index in [4.69, 9.17) is 0 Å². The van der Waals surface area contributed by atoms with Gasteiger partial charge in [0.1, 0.15) is 0 Å². The first kappa shape index (κ1) is 16.0. The predicted octanol–water partition coefficient (Wildman–Crippen LogP) is 3.29. The molecule has 0 spiro atoms. The number of hydrogen-bond acceptors (Lipinski definition) is 1.